The topological polar surface area (TPSA) is 30.5 Å². The third-order valence-corrected chi connectivity index (χ3v) is 3.06. The van der Waals surface area contributed by atoms with Crippen molar-refractivity contribution in [1.82, 2.24) is 5.32 Å². The molecule has 0 fully saturated rings. The van der Waals surface area contributed by atoms with E-state index in [-0.39, 0.29) is 0 Å². The number of halogens is 1. The van der Waals surface area contributed by atoms with Gasteiger partial charge in [0.2, 0.25) is 0 Å². The Morgan fingerprint density at radius 3 is 2.63 bits per heavy atom. The molecule has 3 nitrogen and oxygen atoms in total. The van der Waals surface area contributed by atoms with Gasteiger partial charge in [-0.2, -0.15) is 0 Å². The predicted octanol–water partition coefficient (Wildman–Crippen LogP) is 3.91. The van der Waals surface area contributed by atoms with E-state index in [1.165, 1.54) is 5.57 Å². The van der Waals surface area contributed by atoms with Gasteiger partial charge in [0.1, 0.15) is 6.61 Å². The normalized spacial score (nSPS) is 10.2. The number of nitrogens with one attached hydrogen (secondary N) is 1. The van der Waals surface area contributed by atoms with Crippen molar-refractivity contribution in [2.75, 3.05) is 20.3 Å². The molecule has 0 aliphatic heterocycles. The lowest BCUT2D eigenvalue weighted by Gasteiger charge is -2.14. The maximum Gasteiger partial charge on any atom is 0.175 e. The van der Waals surface area contributed by atoms with Crippen molar-refractivity contribution in [1.29, 1.82) is 0 Å². The first-order valence-electron chi connectivity index (χ1n) is 6.44. The standard InChI is InChI=1S/C15H22BrNO2/c1-5-18-14-9-12(10-17-4)8-13(16)15(14)19-7-6-11(2)3/h6,8-9,17H,5,7,10H2,1-4H3. The van der Waals surface area contributed by atoms with Crippen LogP contribution in [0, 0.1) is 0 Å². The van der Waals surface area contributed by atoms with Gasteiger partial charge in [0.25, 0.3) is 0 Å². The molecule has 0 bridgehead atoms. The Morgan fingerprint density at radius 2 is 2.05 bits per heavy atom. The molecule has 0 atom stereocenters. The SMILES string of the molecule is CCOc1cc(CNC)cc(Br)c1OCC=C(C)C. The van der Waals surface area contributed by atoms with E-state index in [0.29, 0.717) is 13.2 Å². The molecule has 0 saturated carbocycles. The van der Waals surface area contributed by atoms with Crippen LogP contribution in [0.15, 0.2) is 28.3 Å². The minimum Gasteiger partial charge on any atom is -0.490 e. The molecule has 1 aromatic rings. The van der Waals surface area contributed by atoms with Crippen molar-refractivity contribution in [2.24, 2.45) is 0 Å². The lowest BCUT2D eigenvalue weighted by atomic mass is 10.2. The molecule has 0 saturated heterocycles. The summed E-state index contributed by atoms with van der Waals surface area (Å²) < 4.78 is 12.4. The molecule has 0 aliphatic carbocycles. The van der Waals surface area contributed by atoms with Gasteiger partial charge in [0.15, 0.2) is 11.5 Å². The summed E-state index contributed by atoms with van der Waals surface area (Å²) in [4.78, 5) is 0. The van der Waals surface area contributed by atoms with Gasteiger partial charge in [0.05, 0.1) is 11.1 Å². The first kappa shape index (κ1) is 16.1. The Morgan fingerprint density at radius 1 is 1.32 bits per heavy atom. The van der Waals surface area contributed by atoms with Crippen LogP contribution >= 0.6 is 15.9 Å². The van der Waals surface area contributed by atoms with E-state index in [4.69, 9.17) is 9.47 Å². The van der Waals surface area contributed by atoms with Crippen molar-refractivity contribution in [2.45, 2.75) is 27.3 Å². The number of rotatable bonds is 7. The third kappa shape index (κ3) is 5.25. The van der Waals surface area contributed by atoms with Crippen LogP contribution in [0.3, 0.4) is 0 Å². The molecule has 0 heterocycles. The summed E-state index contributed by atoms with van der Waals surface area (Å²) in [5.41, 5.74) is 2.40. The fourth-order valence-corrected chi connectivity index (χ4v) is 2.23. The fraction of sp³-hybridized carbons (Fsp3) is 0.467. The van der Waals surface area contributed by atoms with E-state index >= 15 is 0 Å². The summed E-state index contributed by atoms with van der Waals surface area (Å²) in [7, 11) is 1.92. The summed E-state index contributed by atoms with van der Waals surface area (Å²) in [5.74, 6) is 1.54. The number of hydrogen-bond acceptors (Lipinski definition) is 3. The second-order valence-electron chi connectivity index (χ2n) is 4.46. The Balaban J connectivity index is 2.96. The summed E-state index contributed by atoms with van der Waals surface area (Å²) in [5, 5.41) is 3.13. The van der Waals surface area contributed by atoms with Crippen LogP contribution in [0.2, 0.25) is 0 Å². The van der Waals surface area contributed by atoms with E-state index in [0.717, 1.165) is 28.1 Å². The van der Waals surface area contributed by atoms with Crippen molar-refractivity contribution in [3.8, 4) is 11.5 Å². The van der Waals surface area contributed by atoms with Crippen molar-refractivity contribution >= 4 is 15.9 Å². The van der Waals surface area contributed by atoms with Gasteiger partial charge in [-0.3, -0.25) is 0 Å². The Bertz CT molecular complexity index is 440. The largest absolute Gasteiger partial charge is 0.490 e. The lowest BCUT2D eigenvalue weighted by Crippen LogP contribution is -2.07. The number of benzene rings is 1. The summed E-state index contributed by atoms with van der Waals surface area (Å²) in [6.07, 6.45) is 2.05. The van der Waals surface area contributed by atoms with Crippen LogP contribution in [-0.4, -0.2) is 20.3 Å². The van der Waals surface area contributed by atoms with E-state index < -0.39 is 0 Å². The van der Waals surface area contributed by atoms with Crippen LogP contribution in [0.5, 0.6) is 11.5 Å². The Labute approximate surface area is 124 Å². The first-order chi connectivity index (χ1) is 9.08. The van der Waals surface area contributed by atoms with Gasteiger partial charge in [-0.05, 0) is 67.5 Å². The molecule has 0 spiro atoms. The third-order valence-electron chi connectivity index (χ3n) is 2.47. The molecule has 0 aromatic heterocycles. The number of ether oxygens (including phenoxy) is 2. The first-order valence-corrected chi connectivity index (χ1v) is 7.23. The zero-order valence-corrected chi connectivity index (χ0v) is 13.6. The molecule has 106 valence electrons. The minimum absolute atomic E-state index is 0.548. The molecule has 1 N–H and O–H groups in total. The molecule has 4 heteroatoms. The highest BCUT2D eigenvalue weighted by Crippen LogP contribution is 2.37. The highest BCUT2D eigenvalue weighted by atomic mass is 79.9. The van der Waals surface area contributed by atoms with Crippen molar-refractivity contribution in [3.63, 3.8) is 0 Å². The second-order valence-corrected chi connectivity index (χ2v) is 5.32. The zero-order valence-electron chi connectivity index (χ0n) is 12.0. The molecule has 0 aliphatic rings. The highest BCUT2D eigenvalue weighted by Gasteiger charge is 2.11. The average Bonchev–Trinajstić information content (AvgIpc) is 2.33. The molecular weight excluding hydrogens is 306 g/mol. The Hall–Kier alpha value is -1.00. The van der Waals surface area contributed by atoms with Crippen molar-refractivity contribution in [3.05, 3.63) is 33.8 Å². The number of allylic oxidation sites excluding steroid dienone is 1. The van der Waals surface area contributed by atoms with Gasteiger partial charge in [-0.15, -0.1) is 0 Å². The fourth-order valence-electron chi connectivity index (χ4n) is 1.62. The van der Waals surface area contributed by atoms with Gasteiger partial charge < -0.3 is 14.8 Å². The van der Waals surface area contributed by atoms with Crippen LogP contribution < -0.4 is 14.8 Å². The summed E-state index contributed by atoms with van der Waals surface area (Å²) in [6.45, 7) is 8.04. The number of hydrogen-bond donors (Lipinski definition) is 1. The Kier molecular flexibility index (Phi) is 6.95. The van der Waals surface area contributed by atoms with Crippen molar-refractivity contribution < 1.29 is 9.47 Å². The molecule has 0 unspecified atom stereocenters. The van der Waals surface area contributed by atoms with E-state index in [1.54, 1.807) is 0 Å². The van der Waals surface area contributed by atoms with Gasteiger partial charge >= 0.3 is 0 Å². The van der Waals surface area contributed by atoms with Crippen LogP contribution in [-0.2, 0) is 6.54 Å². The van der Waals surface area contributed by atoms with Gasteiger partial charge in [-0.1, -0.05) is 5.57 Å². The quantitative estimate of drug-likeness (QED) is 0.770. The average molecular weight is 328 g/mol. The van der Waals surface area contributed by atoms with Crippen LogP contribution in [0.25, 0.3) is 0 Å². The second kappa shape index (κ2) is 8.23. The molecule has 19 heavy (non-hydrogen) atoms. The molecule has 1 aromatic carbocycles. The maximum absolute atomic E-state index is 5.80. The van der Waals surface area contributed by atoms with E-state index in [1.807, 2.05) is 26.1 Å². The summed E-state index contributed by atoms with van der Waals surface area (Å²) >= 11 is 3.55. The van der Waals surface area contributed by atoms with Crippen LogP contribution in [0.4, 0.5) is 0 Å². The molecule has 0 amide bonds. The highest BCUT2D eigenvalue weighted by molar-refractivity contribution is 9.10. The lowest BCUT2D eigenvalue weighted by molar-refractivity contribution is 0.294. The van der Waals surface area contributed by atoms with Gasteiger partial charge in [-0.25, -0.2) is 0 Å². The monoisotopic (exact) mass is 327 g/mol. The van der Waals surface area contributed by atoms with Crippen LogP contribution in [0.1, 0.15) is 26.3 Å². The maximum atomic E-state index is 5.80. The zero-order chi connectivity index (χ0) is 14.3. The smallest absolute Gasteiger partial charge is 0.175 e. The van der Waals surface area contributed by atoms with E-state index in [9.17, 15) is 0 Å². The molecule has 1 rings (SSSR count). The van der Waals surface area contributed by atoms with Gasteiger partial charge in [0, 0.05) is 6.54 Å². The summed E-state index contributed by atoms with van der Waals surface area (Å²) in [6, 6.07) is 4.07. The minimum atomic E-state index is 0.548. The molecule has 0 radical (unpaired) electrons. The molecular formula is C15H22BrNO2. The predicted molar refractivity (Wildman–Crippen MR) is 83.0 cm³/mol. The van der Waals surface area contributed by atoms with E-state index in [2.05, 4.69) is 41.2 Å².